The quantitative estimate of drug-likeness (QED) is 0.643. The molecule has 78 valence electrons. The molecule has 2 heteroatoms. The van der Waals surface area contributed by atoms with Gasteiger partial charge in [-0.15, -0.1) is 0 Å². The van der Waals surface area contributed by atoms with E-state index in [0.29, 0.717) is 11.4 Å². The average Bonchev–Trinajstić information content (AvgIpc) is 2.20. The van der Waals surface area contributed by atoms with Crippen molar-refractivity contribution < 1.29 is 5.11 Å². The second-order valence-corrected chi connectivity index (χ2v) is 4.06. The number of hydrogen-bond acceptors (Lipinski definition) is 2. The molecule has 0 aliphatic heterocycles. The summed E-state index contributed by atoms with van der Waals surface area (Å²) in [5, 5.41) is 11.8. The minimum absolute atomic E-state index is 0.311. The zero-order valence-corrected chi connectivity index (χ0v) is 9.26. The first kappa shape index (κ1) is 9.84. The molecule has 0 spiro atoms. The Hall–Kier alpha value is -1.70. The normalized spacial score (nSPS) is 10.9. The van der Waals surface area contributed by atoms with Crippen LogP contribution in [0.4, 0.5) is 5.69 Å². The van der Waals surface area contributed by atoms with Gasteiger partial charge in [0, 0.05) is 11.1 Å². The van der Waals surface area contributed by atoms with E-state index in [1.807, 2.05) is 32.9 Å². The number of nitrogens with two attached hydrogens (primary N) is 1. The Labute approximate surface area is 89.3 Å². The van der Waals surface area contributed by atoms with Crippen molar-refractivity contribution in [1.82, 2.24) is 0 Å². The summed E-state index contributed by atoms with van der Waals surface area (Å²) < 4.78 is 0. The number of rotatable bonds is 0. The van der Waals surface area contributed by atoms with Gasteiger partial charge in [0.05, 0.1) is 0 Å². The maximum atomic E-state index is 10.1. The summed E-state index contributed by atoms with van der Waals surface area (Å²) in [5.41, 5.74) is 9.64. The van der Waals surface area contributed by atoms with Gasteiger partial charge in [-0.05, 0) is 42.8 Å². The number of anilines is 1. The van der Waals surface area contributed by atoms with Crippen molar-refractivity contribution >= 4 is 16.5 Å². The summed E-state index contributed by atoms with van der Waals surface area (Å²) in [6, 6.07) is 6.03. The fourth-order valence-electron chi connectivity index (χ4n) is 1.84. The molecule has 3 N–H and O–H groups in total. The lowest BCUT2D eigenvalue weighted by atomic mass is 9.98. The second-order valence-electron chi connectivity index (χ2n) is 4.06. The van der Waals surface area contributed by atoms with E-state index < -0.39 is 0 Å². The highest BCUT2D eigenvalue weighted by molar-refractivity contribution is 6.00. The number of nitrogen functional groups attached to an aromatic ring is 1. The van der Waals surface area contributed by atoms with Crippen molar-refractivity contribution in [1.29, 1.82) is 0 Å². The molecule has 2 rings (SSSR count). The smallest absolute Gasteiger partial charge is 0.128 e. The number of phenolic OH excluding ortho intramolecular Hbond substituents is 1. The molecule has 0 aromatic heterocycles. The van der Waals surface area contributed by atoms with Crippen LogP contribution in [0.5, 0.6) is 5.75 Å². The Balaban J connectivity index is 3.00. The summed E-state index contributed by atoms with van der Waals surface area (Å²) in [5.74, 6) is 0.311. The Kier molecular flexibility index (Phi) is 2.07. The van der Waals surface area contributed by atoms with Gasteiger partial charge in [-0.25, -0.2) is 0 Å². The molecular formula is C13H15NO. The molecule has 15 heavy (non-hydrogen) atoms. The van der Waals surface area contributed by atoms with Gasteiger partial charge in [0.25, 0.3) is 0 Å². The van der Waals surface area contributed by atoms with Crippen LogP contribution in [0.2, 0.25) is 0 Å². The van der Waals surface area contributed by atoms with Gasteiger partial charge in [0.1, 0.15) is 5.75 Å². The highest BCUT2D eigenvalue weighted by atomic mass is 16.3. The number of aromatic hydroxyl groups is 1. The summed E-state index contributed by atoms with van der Waals surface area (Å²) in [6.07, 6.45) is 0. The first-order valence-electron chi connectivity index (χ1n) is 5.00. The van der Waals surface area contributed by atoms with Crippen LogP contribution >= 0.6 is 0 Å². The number of hydrogen-bond donors (Lipinski definition) is 2. The maximum Gasteiger partial charge on any atom is 0.128 e. The van der Waals surface area contributed by atoms with Crippen molar-refractivity contribution in [2.45, 2.75) is 20.8 Å². The highest BCUT2D eigenvalue weighted by Crippen LogP contribution is 2.36. The average molecular weight is 201 g/mol. The molecule has 0 amide bonds. The molecule has 0 saturated heterocycles. The number of benzene rings is 2. The van der Waals surface area contributed by atoms with Gasteiger partial charge in [0.2, 0.25) is 0 Å². The number of phenols is 1. The summed E-state index contributed by atoms with van der Waals surface area (Å²) in [4.78, 5) is 0. The van der Waals surface area contributed by atoms with Crippen LogP contribution in [0.15, 0.2) is 18.2 Å². The molecule has 0 radical (unpaired) electrons. The largest absolute Gasteiger partial charge is 0.507 e. The summed E-state index contributed by atoms with van der Waals surface area (Å²) >= 11 is 0. The first-order valence-corrected chi connectivity index (χ1v) is 5.00. The van der Waals surface area contributed by atoms with E-state index in [4.69, 9.17) is 5.73 Å². The van der Waals surface area contributed by atoms with Crippen molar-refractivity contribution in [3.63, 3.8) is 0 Å². The fourth-order valence-corrected chi connectivity index (χ4v) is 1.84. The molecule has 2 nitrogen and oxygen atoms in total. The van der Waals surface area contributed by atoms with Crippen LogP contribution in [0.3, 0.4) is 0 Å². The molecular weight excluding hydrogens is 186 g/mol. The maximum absolute atomic E-state index is 10.1. The van der Waals surface area contributed by atoms with Crippen LogP contribution in [0, 0.1) is 20.8 Å². The second kappa shape index (κ2) is 3.16. The topological polar surface area (TPSA) is 46.2 Å². The number of fused-ring (bicyclic) bond motifs is 1. The van der Waals surface area contributed by atoms with Crippen LogP contribution in [-0.2, 0) is 0 Å². The first-order chi connectivity index (χ1) is 7.02. The predicted octanol–water partition coefficient (Wildman–Crippen LogP) is 3.05. The third-order valence-corrected chi connectivity index (χ3v) is 3.05. The Morgan fingerprint density at radius 3 is 2.40 bits per heavy atom. The van der Waals surface area contributed by atoms with Crippen molar-refractivity contribution in [3.05, 3.63) is 34.9 Å². The van der Waals surface area contributed by atoms with Gasteiger partial charge in [-0.3, -0.25) is 0 Å². The Morgan fingerprint density at radius 2 is 1.73 bits per heavy atom. The third-order valence-electron chi connectivity index (χ3n) is 3.05. The molecule has 0 bridgehead atoms. The van der Waals surface area contributed by atoms with Crippen LogP contribution < -0.4 is 5.73 Å². The van der Waals surface area contributed by atoms with Crippen molar-refractivity contribution in [2.75, 3.05) is 5.73 Å². The Bertz CT molecular complexity index is 544. The van der Waals surface area contributed by atoms with Crippen LogP contribution in [0.25, 0.3) is 10.8 Å². The lowest BCUT2D eigenvalue weighted by Gasteiger charge is -2.11. The summed E-state index contributed by atoms with van der Waals surface area (Å²) in [7, 11) is 0. The highest BCUT2D eigenvalue weighted by Gasteiger charge is 2.10. The van der Waals surface area contributed by atoms with E-state index in [-0.39, 0.29) is 0 Å². The minimum Gasteiger partial charge on any atom is -0.507 e. The van der Waals surface area contributed by atoms with Gasteiger partial charge in [-0.1, -0.05) is 18.2 Å². The lowest BCUT2D eigenvalue weighted by Crippen LogP contribution is -1.93. The van der Waals surface area contributed by atoms with E-state index in [0.717, 1.165) is 27.5 Å². The van der Waals surface area contributed by atoms with Gasteiger partial charge in [0.15, 0.2) is 0 Å². The molecule has 0 fully saturated rings. The van der Waals surface area contributed by atoms with E-state index in [1.165, 1.54) is 0 Å². The SMILES string of the molecule is Cc1cc2ccc(C)c(N)c2c(O)c1C. The number of aryl methyl sites for hydroxylation is 2. The van der Waals surface area contributed by atoms with Crippen molar-refractivity contribution in [3.8, 4) is 5.75 Å². The van der Waals surface area contributed by atoms with E-state index in [9.17, 15) is 5.11 Å². The lowest BCUT2D eigenvalue weighted by molar-refractivity contribution is 0.477. The molecule has 0 saturated carbocycles. The zero-order valence-electron chi connectivity index (χ0n) is 9.26. The van der Waals surface area contributed by atoms with Gasteiger partial charge < -0.3 is 10.8 Å². The summed E-state index contributed by atoms with van der Waals surface area (Å²) in [6.45, 7) is 5.85. The molecule has 0 aliphatic carbocycles. The Morgan fingerprint density at radius 1 is 1.07 bits per heavy atom. The molecule has 0 heterocycles. The van der Waals surface area contributed by atoms with Crippen molar-refractivity contribution in [2.24, 2.45) is 0 Å². The van der Waals surface area contributed by atoms with E-state index in [1.54, 1.807) is 0 Å². The molecule has 2 aromatic carbocycles. The molecule has 2 aromatic rings. The van der Waals surface area contributed by atoms with Crippen LogP contribution in [-0.4, -0.2) is 5.11 Å². The monoisotopic (exact) mass is 201 g/mol. The molecule has 0 atom stereocenters. The fraction of sp³-hybridized carbons (Fsp3) is 0.231. The van der Waals surface area contributed by atoms with E-state index >= 15 is 0 Å². The standard InChI is InChI=1S/C13H15NO/c1-7-4-5-10-6-8(2)9(3)13(15)11(10)12(7)14/h4-6,15H,14H2,1-3H3. The zero-order chi connectivity index (χ0) is 11.2. The third kappa shape index (κ3) is 1.33. The van der Waals surface area contributed by atoms with E-state index in [2.05, 4.69) is 6.07 Å². The van der Waals surface area contributed by atoms with Gasteiger partial charge in [-0.2, -0.15) is 0 Å². The van der Waals surface area contributed by atoms with Gasteiger partial charge >= 0.3 is 0 Å². The predicted molar refractivity (Wildman–Crippen MR) is 64.2 cm³/mol. The molecule has 0 unspecified atom stereocenters. The minimum atomic E-state index is 0.311. The van der Waals surface area contributed by atoms with Crippen LogP contribution in [0.1, 0.15) is 16.7 Å². The molecule has 0 aliphatic rings.